The Morgan fingerprint density at radius 2 is 1.72 bits per heavy atom. The first-order valence-corrected chi connectivity index (χ1v) is 10.6. The van der Waals surface area contributed by atoms with Gasteiger partial charge in [0.15, 0.2) is 0 Å². The van der Waals surface area contributed by atoms with Crippen LogP contribution in [0.5, 0.6) is 0 Å². The van der Waals surface area contributed by atoms with Gasteiger partial charge in [0.05, 0.1) is 12.5 Å². The second kappa shape index (κ2) is 9.87. The number of hydrogen-bond donors (Lipinski definition) is 2. The van der Waals surface area contributed by atoms with Gasteiger partial charge in [0.25, 0.3) is 0 Å². The van der Waals surface area contributed by atoms with Crippen molar-refractivity contribution in [2.24, 2.45) is 0 Å². The fourth-order valence-corrected chi connectivity index (χ4v) is 4.12. The molecule has 1 saturated heterocycles. The van der Waals surface area contributed by atoms with Crippen LogP contribution in [-0.2, 0) is 16.0 Å². The molecule has 1 saturated carbocycles. The summed E-state index contributed by atoms with van der Waals surface area (Å²) in [7, 11) is 0. The number of carbonyl (C=O) groups is 3. The minimum Gasteiger partial charge on any atom is -0.340 e. The first kappa shape index (κ1) is 21.3. The second-order valence-corrected chi connectivity index (χ2v) is 8.14. The van der Waals surface area contributed by atoms with Crippen LogP contribution in [0.4, 0.5) is 4.79 Å². The number of urea groups is 1. The van der Waals surface area contributed by atoms with E-state index in [1.54, 1.807) is 0 Å². The number of nitrogens with zero attached hydrogens (tertiary/aromatic N) is 2. The highest BCUT2D eigenvalue weighted by Crippen LogP contribution is 2.17. The largest absolute Gasteiger partial charge is 0.340 e. The minimum absolute atomic E-state index is 0.118. The van der Waals surface area contributed by atoms with E-state index in [4.69, 9.17) is 0 Å². The molecular formula is C22H32N4O3. The average molecular weight is 401 g/mol. The standard InChI is InChI=1S/C22H32N4O3/c1-16-7-3-4-8-18(16)15-20(27)26-13-11-25(12-14-26)17(2)21(28)24-22(29)23-19-9-5-6-10-19/h3-4,7-8,17,19H,5-6,9-15H2,1-2H3,(H2,23,24,28,29). The first-order valence-electron chi connectivity index (χ1n) is 10.6. The topological polar surface area (TPSA) is 81.8 Å². The van der Waals surface area contributed by atoms with Gasteiger partial charge in [0, 0.05) is 32.2 Å². The number of nitrogens with one attached hydrogen (secondary N) is 2. The Kier molecular flexibility index (Phi) is 7.25. The van der Waals surface area contributed by atoms with Crippen LogP contribution in [-0.4, -0.2) is 65.9 Å². The number of amides is 4. The third-order valence-electron chi connectivity index (χ3n) is 6.12. The molecule has 2 N–H and O–H groups in total. The van der Waals surface area contributed by atoms with Gasteiger partial charge in [-0.3, -0.25) is 19.8 Å². The fraction of sp³-hybridized carbons (Fsp3) is 0.591. The number of rotatable bonds is 5. The molecule has 1 heterocycles. The normalized spacial score (nSPS) is 19.0. The molecule has 1 aliphatic carbocycles. The highest BCUT2D eigenvalue weighted by Gasteiger charge is 2.28. The molecule has 3 rings (SSSR count). The molecule has 158 valence electrons. The van der Waals surface area contributed by atoms with Crippen molar-refractivity contribution >= 4 is 17.8 Å². The molecule has 1 unspecified atom stereocenters. The van der Waals surface area contributed by atoms with Gasteiger partial charge >= 0.3 is 6.03 Å². The fourth-order valence-electron chi connectivity index (χ4n) is 4.12. The maximum atomic E-state index is 12.6. The molecule has 1 atom stereocenters. The molecule has 0 radical (unpaired) electrons. The van der Waals surface area contributed by atoms with E-state index in [-0.39, 0.29) is 17.9 Å². The first-order chi connectivity index (χ1) is 13.9. The summed E-state index contributed by atoms with van der Waals surface area (Å²) < 4.78 is 0. The summed E-state index contributed by atoms with van der Waals surface area (Å²) in [5.74, 6) is -0.174. The van der Waals surface area contributed by atoms with E-state index in [1.807, 2.05) is 47.9 Å². The molecule has 2 fully saturated rings. The van der Waals surface area contributed by atoms with E-state index in [2.05, 4.69) is 10.6 Å². The van der Waals surface area contributed by atoms with Gasteiger partial charge in [-0.15, -0.1) is 0 Å². The van der Waals surface area contributed by atoms with E-state index >= 15 is 0 Å². The van der Waals surface area contributed by atoms with Crippen molar-refractivity contribution in [2.45, 2.75) is 58.0 Å². The van der Waals surface area contributed by atoms with Crippen LogP contribution in [0.1, 0.15) is 43.7 Å². The van der Waals surface area contributed by atoms with Gasteiger partial charge < -0.3 is 10.2 Å². The number of hydrogen-bond acceptors (Lipinski definition) is 4. The number of aryl methyl sites for hydroxylation is 1. The van der Waals surface area contributed by atoms with Crippen LogP contribution in [0.2, 0.25) is 0 Å². The Morgan fingerprint density at radius 3 is 2.38 bits per heavy atom. The van der Waals surface area contributed by atoms with E-state index in [0.717, 1.165) is 36.8 Å². The smallest absolute Gasteiger partial charge is 0.321 e. The van der Waals surface area contributed by atoms with E-state index in [1.165, 1.54) is 0 Å². The molecular weight excluding hydrogens is 368 g/mol. The number of piperazine rings is 1. The van der Waals surface area contributed by atoms with Gasteiger partial charge in [-0.1, -0.05) is 37.1 Å². The van der Waals surface area contributed by atoms with E-state index in [9.17, 15) is 14.4 Å². The van der Waals surface area contributed by atoms with Crippen LogP contribution in [0.15, 0.2) is 24.3 Å². The Hall–Kier alpha value is -2.41. The molecule has 2 aliphatic rings. The van der Waals surface area contributed by atoms with Crippen molar-refractivity contribution in [3.8, 4) is 0 Å². The maximum Gasteiger partial charge on any atom is 0.321 e. The molecule has 0 bridgehead atoms. The molecule has 1 aliphatic heterocycles. The average Bonchev–Trinajstić information content (AvgIpc) is 3.22. The third-order valence-corrected chi connectivity index (χ3v) is 6.12. The number of carbonyl (C=O) groups excluding carboxylic acids is 3. The Morgan fingerprint density at radius 1 is 1.07 bits per heavy atom. The lowest BCUT2D eigenvalue weighted by molar-refractivity contribution is -0.133. The lowest BCUT2D eigenvalue weighted by atomic mass is 10.1. The van der Waals surface area contributed by atoms with Gasteiger partial charge in [-0.25, -0.2) is 4.79 Å². The van der Waals surface area contributed by atoms with E-state index in [0.29, 0.717) is 32.6 Å². The highest BCUT2D eigenvalue weighted by atomic mass is 16.2. The monoisotopic (exact) mass is 400 g/mol. The molecule has 1 aromatic rings. The van der Waals surface area contributed by atoms with Crippen LogP contribution in [0, 0.1) is 6.92 Å². The van der Waals surface area contributed by atoms with Gasteiger partial charge in [-0.2, -0.15) is 0 Å². The van der Waals surface area contributed by atoms with Gasteiger partial charge in [-0.05, 0) is 37.8 Å². The molecule has 0 aromatic heterocycles. The quantitative estimate of drug-likeness (QED) is 0.790. The van der Waals surface area contributed by atoms with Crippen molar-refractivity contribution in [2.75, 3.05) is 26.2 Å². The summed E-state index contributed by atoms with van der Waals surface area (Å²) in [4.78, 5) is 41.0. The predicted octanol–water partition coefficient (Wildman–Crippen LogP) is 1.84. The van der Waals surface area contributed by atoms with Crippen LogP contribution in [0.25, 0.3) is 0 Å². The summed E-state index contributed by atoms with van der Waals surface area (Å²) in [6, 6.07) is 7.31. The van der Waals surface area contributed by atoms with Crippen molar-refractivity contribution < 1.29 is 14.4 Å². The zero-order chi connectivity index (χ0) is 20.8. The number of imide groups is 1. The molecule has 7 heteroatoms. The van der Waals surface area contributed by atoms with Crippen molar-refractivity contribution in [3.63, 3.8) is 0 Å². The third kappa shape index (κ3) is 5.79. The molecule has 29 heavy (non-hydrogen) atoms. The van der Waals surface area contributed by atoms with E-state index < -0.39 is 12.1 Å². The maximum absolute atomic E-state index is 12.6. The van der Waals surface area contributed by atoms with Crippen molar-refractivity contribution in [1.29, 1.82) is 0 Å². The zero-order valence-electron chi connectivity index (χ0n) is 17.4. The Bertz CT molecular complexity index is 737. The Balaban J connectivity index is 1.43. The minimum atomic E-state index is -0.405. The van der Waals surface area contributed by atoms with Crippen molar-refractivity contribution in [3.05, 3.63) is 35.4 Å². The van der Waals surface area contributed by atoms with Gasteiger partial charge in [0.2, 0.25) is 11.8 Å². The van der Waals surface area contributed by atoms with Crippen LogP contribution >= 0.6 is 0 Å². The summed E-state index contributed by atoms with van der Waals surface area (Å²) >= 11 is 0. The van der Waals surface area contributed by atoms with Crippen molar-refractivity contribution in [1.82, 2.24) is 20.4 Å². The molecule has 1 aromatic carbocycles. The zero-order valence-corrected chi connectivity index (χ0v) is 17.4. The van der Waals surface area contributed by atoms with Crippen LogP contribution in [0.3, 0.4) is 0 Å². The lowest BCUT2D eigenvalue weighted by Crippen LogP contribution is -2.56. The number of benzene rings is 1. The molecule has 7 nitrogen and oxygen atoms in total. The summed E-state index contributed by atoms with van der Waals surface area (Å²) in [6.07, 6.45) is 4.62. The van der Waals surface area contributed by atoms with Gasteiger partial charge in [0.1, 0.15) is 0 Å². The lowest BCUT2D eigenvalue weighted by Gasteiger charge is -2.37. The highest BCUT2D eigenvalue weighted by molar-refractivity contribution is 5.96. The SMILES string of the molecule is Cc1ccccc1CC(=O)N1CCN(C(C)C(=O)NC(=O)NC2CCCC2)CC1. The van der Waals surface area contributed by atoms with Crippen LogP contribution < -0.4 is 10.6 Å². The predicted molar refractivity (Wildman–Crippen MR) is 111 cm³/mol. The summed E-state index contributed by atoms with van der Waals surface area (Å²) in [5, 5.41) is 5.34. The summed E-state index contributed by atoms with van der Waals surface area (Å²) in [6.45, 7) is 6.26. The summed E-state index contributed by atoms with van der Waals surface area (Å²) in [5.41, 5.74) is 2.18. The molecule has 0 spiro atoms. The molecule has 4 amide bonds. The Labute approximate surface area is 172 Å². The second-order valence-electron chi connectivity index (χ2n) is 8.14.